The number of rotatable bonds is 1. The van der Waals surface area contributed by atoms with Crippen LogP contribution in [-0.4, -0.2) is 4.98 Å². The average molecular weight is 249 g/mol. The second-order valence-corrected chi connectivity index (χ2v) is 3.86. The molecule has 0 aliphatic heterocycles. The van der Waals surface area contributed by atoms with E-state index in [4.69, 9.17) is 5.73 Å². The summed E-state index contributed by atoms with van der Waals surface area (Å²) in [6, 6.07) is 11.5. The van der Waals surface area contributed by atoms with E-state index in [-0.39, 0.29) is 0 Å². The van der Waals surface area contributed by atoms with Gasteiger partial charge in [-0.2, -0.15) is 0 Å². The highest BCUT2D eigenvalue weighted by molar-refractivity contribution is 9.10. The maximum absolute atomic E-state index is 5.85. The van der Waals surface area contributed by atoms with Crippen molar-refractivity contribution < 1.29 is 0 Å². The minimum absolute atomic E-state index is 0.748. The zero-order valence-electron chi connectivity index (χ0n) is 7.44. The lowest BCUT2D eigenvalue weighted by Crippen LogP contribution is -1.90. The van der Waals surface area contributed by atoms with Gasteiger partial charge in [-0.05, 0) is 18.2 Å². The van der Waals surface area contributed by atoms with Gasteiger partial charge in [0.15, 0.2) is 0 Å². The van der Waals surface area contributed by atoms with Crippen LogP contribution in [0.3, 0.4) is 0 Å². The number of nitrogen functional groups attached to an aromatic ring is 1. The molecule has 1 aromatic carbocycles. The normalized spacial score (nSPS) is 10.1. The number of halogens is 1. The van der Waals surface area contributed by atoms with E-state index >= 15 is 0 Å². The number of nitrogens with zero attached hydrogens (tertiary/aromatic N) is 1. The summed E-state index contributed by atoms with van der Waals surface area (Å²) in [5.41, 5.74) is 8.45. The molecule has 2 N–H and O–H groups in total. The molecule has 0 fully saturated rings. The summed E-state index contributed by atoms with van der Waals surface area (Å²) in [5, 5.41) is 0. The van der Waals surface area contributed by atoms with Crippen molar-refractivity contribution >= 4 is 21.6 Å². The van der Waals surface area contributed by atoms with Crippen molar-refractivity contribution in [3.8, 4) is 11.3 Å². The molecule has 0 saturated carbocycles. The van der Waals surface area contributed by atoms with Gasteiger partial charge in [0.25, 0.3) is 0 Å². The third-order valence-electron chi connectivity index (χ3n) is 1.96. The number of benzene rings is 1. The fourth-order valence-electron chi connectivity index (χ4n) is 1.28. The Hall–Kier alpha value is -1.35. The van der Waals surface area contributed by atoms with Gasteiger partial charge in [0.05, 0.1) is 5.69 Å². The highest BCUT2D eigenvalue weighted by Gasteiger charge is 2.02. The quantitative estimate of drug-likeness (QED) is 0.788. The molecule has 14 heavy (non-hydrogen) atoms. The van der Waals surface area contributed by atoms with Crippen molar-refractivity contribution in [2.24, 2.45) is 0 Å². The van der Waals surface area contributed by atoms with E-state index in [9.17, 15) is 0 Å². The molecular weight excluding hydrogens is 240 g/mol. The molecule has 70 valence electrons. The van der Waals surface area contributed by atoms with E-state index in [0.717, 1.165) is 21.4 Å². The molecule has 0 amide bonds. The van der Waals surface area contributed by atoms with Crippen LogP contribution in [0, 0.1) is 0 Å². The van der Waals surface area contributed by atoms with Crippen molar-refractivity contribution in [2.45, 2.75) is 0 Å². The van der Waals surface area contributed by atoms with Crippen LogP contribution in [0.25, 0.3) is 11.3 Å². The summed E-state index contributed by atoms with van der Waals surface area (Å²) in [5.74, 6) is 0. The average Bonchev–Trinajstić information content (AvgIpc) is 2.18. The number of hydrogen-bond acceptors (Lipinski definition) is 2. The first-order valence-electron chi connectivity index (χ1n) is 4.24. The van der Waals surface area contributed by atoms with Crippen molar-refractivity contribution in [1.29, 1.82) is 0 Å². The van der Waals surface area contributed by atoms with Crippen molar-refractivity contribution in [3.05, 3.63) is 47.1 Å². The van der Waals surface area contributed by atoms with Crippen LogP contribution in [-0.2, 0) is 0 Å². The molecule has 0 atom stereocenters. The van der Waals surface area contributed by atoms with Crippen LogP contribution in [0.2, 0.25) is 0 Å². The van der Waals surface area contributed by atoms with Crippen molar-refractivity contribution in [3.63, 3.8) is 0 Å². The molecule has 0 unspecified atom stereocenters. The molecule has 0 spiro atoms. The summed E-state index contributed by atoms with van der Waals surface area (Å²) < 4.78 is 1.01. The van der Waals surface area contributed by atoms with Gasteiger partial charge in [-0.3, -0.25) is 4.98 Å². The zero-order valence-corrected chi connectivity index (χ0v) is 9.03. The fraction of sp³-hybridized carbons (Fsp3) is 0. The van der Waals surface area contributed by atoms with E-state index in [1.807, 2.05) is 36.4 Å². The minimum atomic E-state index is 0.748. The van der Waals surface area contributed by atoms with Gasteiger partial charge >= 0.3 is 0 Å². The number of aromatic nitrogens is 1. The fourth-order valence-corrected chi connectivity index (χ4v) is 1.62. The molecule has 3 heteroatoms. The Bertz CT molecular complexity index is 455. The smallest absolute Gasteiger partial charge is 0.0733 e. The Balaban J connectivity index is 2.55. The molecular formula is C11H9BrN2. The first kappa shape index (κ1) is 9.21. The molecule has 0 bridgehead atoms. The van der Waals surface area contributed by atoms with Crippen molar-refractivity contribution in [2.75, 3.05) is 5.73 Å². The summed E-state index contributed by atoms with van der Waals surface area (Å²) in [7, 11) is 0. The molecule has 0 aliphatic rings. The van der Waals surface area contributed by atoms with Crippen molar-refractivity contribution in [1.82, 2.24) is 4.98 Å². The predicted molar refractivity (Wildman–Crippen MR) is 61.8 cm³/mol. The van der Waals surface area contributed by atoms with Crippen LogP contribution in [0.4, 0.5) is 5.69 Å². The minimum Gasteiger partial charge on any atom is -0.398 e. The zero-order chi connectivity index (χ0) is 9.97. The molecule has 0 radical (unpaired) electrons. The van der Waals surface area contributed by atoms with E-state index in [2.05, 4.69) is 20.9 Å². The highest BCUT2D eigenvalue weighted by atomic mass is 79.9. The largest absolute Gasteiger partial charge is 0.398 e. The van der Waals surface area contributed by atoms with Gasteiger partial charge < -0.3 is 5.73 Å². The molecule has 1 heterocycles. The Morgan fingerprint density at radius 2 is 1.93 bits per heavy atom. The number of pyridine rings is 1. The molecule has 0 saturated heterocycles. The maximum atomic E-state index is 5.85. The topological polar surface area (TPSA) is 38.9 Å². The second kappa shape index (κ2) is 3.80. The van der Waals surface area contributed by atoms with Gasteiger partial charge in [0.2, 0.25) is 0 Å². The lowest BCUT2D eigenvalue weighted by molar-refractivity contribution is 1.31. The third kappa shape index (κ3) is 1.77. The molecule has 2 rings (SSSR count). The Morgan fingerprint density at radius 3 is 2.64 bits per heavy atom. The summed E-state index contributed by atoms with van der Waals surface area (Å²) in [6.07, 6.45) is 1.76. The third-order valence-corrected chi connectivity index (χ3v) is 2.45. The summed E-state index contributed by atoms with van der Waals surface area (Å²) >= 11 is 3.40. The highest BCUT2D eigenvalue weighted by Crippen LogP contribution is 2.25. The van der Waals surface area contributed by atoms with Gasteiger partial charge in [-0.1, -0.05) is 34.1 Å². The SMILES string of the molecule is Nc1ccccc1-c1cc(Br)ccn1. The van der Waals surface area contributed by atoms with Crippen LogP contribution in [0.15, 0.2) is 47.1 Å². The Morgan fingerprint density at radius 1 is 1.14 bits per heavy atom. The summed E-state index contributed by atoms with van der Waals surface area (Å²) in [4.78, 5) is 4.26. The first-order chi connectivity index (χ1) is 6.77. The lowest BCUT2D eigenvalue weighted by atomic mass is 10.1. The van der Waals surface area contributed by atoms with Crippen LogP contribution >= 0.6 is 15.9 Å². The standard InChI is InChI=1S/C11H9BrN2/c12-8-5-6-14-11(7-8)9-3-1-2-4-10(9)13/h1-7H,13H2. The molecule has 2 aromatic rings. The van der Waals surface area contributed by atoms with Gasteiger partial charge in [0, 0.05) is 21.9 Å². The number of anilines is 1. The first-order valence-corrected chi connectivity index (χ1v) is 5.03. The van der Waals surface area contributed by atoms with Gasteiger partial charge in [-0.15, -0.1) is 0 Å². The maximum Gasteiger partial charge on any atom is 0.0733 e. The number of hydrogen-bond donors (Lipinski definition) is 1. The molecule has 1 aromatic heterocycles. The van der Waals surface area contributed by atoms with E-state index in [0.29, 0.717) is 0 Å². The second-order valence-electron chi connectivity index (χ2n) is 2.95. The number of nitrogens with two attached hydrogens (primary N) is 1. The van der Waals surface area contributed by atoms with E-state index in [1.165, 1.54) is 0 Å². The monoisotopic (exact) mass is 248 g/mol. The van der Waals surface area contributed by atoms with Crippen LogP contribution in [0.5, 0.6) is 0 Å². The Kier molecular flexibility index (Phi) is 2.50. The number of para-hydroxylation sites is 1. The lowest BCUT2D eigenvalue weighted by Gasteiger charge is -2.04. The molecule has 0 aliphatic carbocycles. The van der Waals surface area contributed by atoms with E-state index < -0.39 is 0 Å². The predicted octanol–water partition coefficient (Wildman–Crippen LogP) is 3.09. The van der Waals surface area contributed by atoms with Crippen LogP contribution in [0.1, 0.15) is 0 Å². The van der Waals surface area contributed by atoms with Gasteiger partial charge in [-0.25, -0.2) is 0 Å². The Labute approximate surface area is 90.9 Å². The van der Waals surface area contributed by atoms with Gasteiger partial charge in [0.1, 0.15) is 0 Å². The summed E-state index contributed by atoms with van der Waals surface area (Å²) in [6.45, 7) is 0. The van der Waals surface area contributed by atoms with E-state index in [1.54, 1.807) is 6.20 Å². The van der Waals surface area contributed by atoms with Crippen LogP contribution < -0.4 is 5.73 Å². The molecule has 2 nitrogen and oxygen atoms in total.